The van der Waals surface area contributed by atoms with Crippen LogP contribution < -0.4 is 5.32 Å². The van der Waals surface area contributed by atoms with Crippen molar-refractivity contribution in [3.8, 4) is 6.07 Å². The van der Waals surface area contributed by atoms with Gasteiger partial charge in [0.2, 0.25) is 5.91 Å². The Morgan fingerprint density at radius 2 is 2.05 bits per heavy atom. The highest BCUT2D eigenvalue weighted by atomic mass is 19.4. The molecule has 3 unspecified atom stereocenters. The van der Waals surface area contributed by atoms with E-state index in [1.807, 2.05) is 0 Å². The number of nitrogens with one attached hydrogen (secondary N) is 1. The molecule has 5 nitrogen and oxygen atoms in total. The van der Waals surface area contributed by atoms with Crippen LogP contribution in [0.1, 0.15) is 26.7 Å². The predicted molar refractivity (Wildman–Crippen MR) is 61.2 cm³/mol. The Morgan fingerprint density at radius 1 is 1.50 bits per heavy atom. The average Bonchev–Trinajstić information content (AvgIpc) is 3.03. The van der Waals surface area contributed by atoms with Crippen LogP contribution in [0.4, 0.5) is 13.2 Å². The molecule has 1 saturated carbocycles. The summed E-state index contributed by atoms with van der Waals surface area (Å²) in [6.45, 7) is 3.22. The van der Waals surface area contributed by atoms with Crippen LogP contribution in [0.3, 0.4) is 0 Å². The fourth-order valence-corrected chi connectivity index (χ4v) is 2.34. The van der Waals surface area contributed by atoms with Crippen LogP contribution in [-0.4, -0.2) is 29.2 Å². The molecule has 1 fully saturated rings. The Morgan fingerprint density at radius 3 is 2.35 bits per heavy atom. The third-order valence-corrected chi connectivity index (χ3v) is 3.76. The van der Waals surface area contributed by atoms with Gasteiger partial charge in [0, 0.05) is 0 Å². The zero-order valence-corrected chi connectivity index (χ0v) is 11.0. The van der Waals surface area contributed by atoms with E-state index >= 15 is 0 Å². The smallest absolute Gasteiger partial charge is 0.409 e. The van der Waals surface area contributed by atoms with Crippen molar-refractivity contribution in [1.82, 2.24) is 5.32 Å². The van der Waals surface area contributed by atoms with E-state index in [1.54, 1.807) is 19.2 Å². The molecular formula is C12H15F3N2O3. The lowest BCUT2D eigenvalue weighted by Crippen LogP contribution is -2.46. The zero-order chi connectivity index (χ0) is 15.7. The number of hydrogen-bond acceptors (Lipinski definition) is 3. The van der Waals surface area contributed by atoms with Crippen molar-refractivity contribution in [2.75, 3.05) is 0 Å². The molecule has 20 heavy (non-hydrogen) atoms. The van der Waals surface area contributed by atoms with E-state index in [4.69, 9.17) is 10.4 Å². The molecule has 1 rings (SSSR count). The first-order chi connectivity index (χ1) is 9.07. The van der Waals surface area contributed by atoms with Crippen LogP contribution in [-0.2, 0) is 9.59 Å². The predicted octanol–water partition coefficient (Wildman–Crippen LogP) is 1.69. The lowest BCUT2D eigenvalue weighted by Gasteiger charge is -2.21. The van der Waals surface area contributed by atoms with Gasteiger partial charge in [0.1, 0.15) is 6.04 Å². The van der Waals surface area contributed by atoms with Gasteiger partial charge in [-0.3, -0.25) is 9.59 Å². The highest BCUT2D eigenvalue weighted by Crippen LogP contribution is 2.58. The maximum atomic E-state index is 12.6. The van der Waals surface area contributed by atoms with E-state index in [0.29, 0.717) is 0 Å². The van der Waals surface area contributed by atoms with Gasteiger partial charge >= 0.3 is 12.1 Å². The molecule has 1 aliphatic rings. The first kappa shape index (κ1) is 16.3. The maximum Gasteiger partial charge on any atom is 0.409 e. The SMILES string of the molecule is CC(C)C1(C(=O)O)CC1C(=O)NC(CC#N)C(F)(F)F. The Kier molecular flexibility index (Phi) is 4.32. The Hall–Kier alpha value is -1.78. The summed E-state index contributed by atoms with van der Waals surface area (Å²) in [6.07, 6.45) is -5.61. The van der Waals surface area contributed by atoms with Crippen LogP contribution in [0.5, 0.6) is 0 Å². The Balaban J connectivity index is 2.79. The normalized spacial score (nSPS) is 26.8. The molecule has 0 aromatic heterocycles. The lowest BCUT2D eigenvalue weighted by molar-refractivity contribution is -0.162. The van der Waals surface area contributed by atoms with Gasteiger partial charge in [0.05, 0.1) is 23.8 Å². The van der Waals surface area contributed by atoms with Crippen molar-refractivity contribution in [3.05, 3.63) is 0 Å². The van der Waals surface area contributed by atoms with Gasteiger partial charge in [-0.15, -0.1) is 0 Å². The second kappa shape index (κ2) is 5.31. The van der Waals surface area contributed by atoms with Crippen LogP contribution in [0.25, 0.3) is 0 Å². The molecule has 0 heterocycles. The third-order valence-electron chi connectivity index (χ3n) is 3.76. The number of aliphatic carboxylic acids is 1. The molecule has 8 heteroatoms. The fraction of sp³-hybridized carbons (Fsp3) is 0.750. The van der Waals surface area contributed by atoms with Crippen molar-refractivity contribution in [2.45, 2.75) is 38.9 Å². The minimum absolute atomic E-state index is 0.0168. The van der Waals surface area contributed by atoms with E-state index in [1.165, 1.54) is 6.07 Å². The molecule has 1 aliphatic carbocycles. The largest absolute Gasteiger partial charge is 0.481 e. The zero-order valence-electron chi connectivity index (χ0n) is 11.0. The molecule has 0 aliphatic heterocycles. The van der Waals surface area contributed by atoms with E-state index in [-0.39, 0.29) is 12.3 Å². The quantitative estimate of drug-likeness (QED) is 0.807. The van der Waals surface area contributed by atoms with Crippen LogP contribution in [0, 0.1) is 28.6 Å². The topological polar surface area (TPSA) is 90.2 Å². The lowest BCUT2D eigenvalue weighted by atomic mass is 9.89. The van der Waals surface area contributed by atoms with Crippen molar-refractivity contribution >= 4 is 11.9 Å². The first-order valence-electron chi connectivity index (χ1n) is 6.04. The average molecular weight is 292 g/mol. The third kappa shape index (κ3) is 2.86. The number of rotatable bonds is 5. The molecule has 112 valence electrons. The number of alkyl halides is 3. The summed E-state index contributed by atoms with van der Waals surface area (Å²) in [6, 6.07) is -0.910. The van der Waals surface area contributed by atoms with Crippen LogP contribution >= 0.6 is 0 Å². The summed E-state index contributed by atoms with van der Waals surface area (Å²) in [5, 5.41) is 19.2. The Labute approximate surface area is 113 Å². The van der Waals surface area contributed by atoms with Gasteiger partial charge in [-0.05, 0) is 12.3 Å². The minimum atomic E-state index is -4.73. The number of carboxylic acid groups (broad SMARTS) is 1. The fourth-order valence-electron chi connectivity index (χ4n) is 2.34. The van der Waals surface area contributed by atoms with Gasteiger partial charge in [0.15, 0.2) is 0 Å². The van der Waals surface area contributed by atoms with Gasteiger partial charge in [-0.1, -0.05) is 13.8 Å². The molecule has 3 atom stereocenters. The monoisotopic (exact) mass is 292 g/mol. The number of nitriles is 1. The van der Waals surface area contributed by atoms with Crippen molar-refractivity contribution in [2.24, 2.45) is 17.3 Å². The minimum Gasteiger partial charge on any atom is -0.481 e. The van der Waals surface area contributed by atoms with Gasteiger partial charge in [-0.25, -0.2) is 0 Å². The summed E-state index contributed by atoms with van der Waals surface area (Å²) in [5.41, 5.74) is -1.30. The second-order valence-corrected chi connectivity index (χ2v) is 5.22. The van der Waals surface area contributed by atoms with E-state index in [2.05, 4.69) is 0 Å². The number of amides is 1. The molecule has 1 amide bonds. The molecule has 0 bridgehead atoms. The molecular weight excluding hydrogens is 277 g/mol. The maximum absolute atomic E-state index is 12.6. The van der Waals surface area contributed by atoms with E-state index < -0.39 is 41.8 Å². The summed E-state index contributed by atoms with van der Waals surface area (Å²) < 4.78 is 37.7. The molecule has 0 aromatic carbocycles. The second-order valence-electron chi connectivity index (χ2n) is 5.22. The standard InChI is InChI=1S/C12H15F3N2O3/c1-6(2)11(10(19)20)5-7(11)9(18)17-8(3-4-16)12(13,14)15/h6-8H,3,5H2,1-2H3,(H,17,18)(H,19,20). The number of hydrogen-bond donors (Lipinski definition) is 2. The van der Waals surface area contributed by atoms with Gasteiger partial charge < -0.3 is 10.4 Å². The van der Waals surface area contributed by atoms with E-state index in [9.17, 15) is 22.8 Å². The van der Waals surface area contributed by atoms with Crippen molar-refractivity contribution in [1.29, 1.82) is 5.26 Å². The molecule has 0 spiro atoms. The van der Waals surface area contributed by atoms with Crippen LogP contribution in [0.2, 0.25) is 0 Å². The summed E-state index contributed by atoms with van der Waals surface area (Å²) in [4.78, 5) is 23.0. The number of carbonyl (C=O) groups excluding carboxylic acids is 1. The van der Waals surface area contributed by atoms with Crippen molar-refractivity contribution in [3.63, 3.8) is 0 Å². The number of carboxylic acids is 1. The highest BCUT2D eigenvalue weighted by Gasteiger charge is 2.66. The number of nitrogens with zero attached hydrogens (tertiary/aromatic N) is 1. The van der Waals surface area contributed by atoms with E-state index in [0.717, 1.165) is 0 Å². The summed E-state index contributed by atoms with van der Waals surface area (Å²) >= 11 is 0. The van der Waals surface area contributed by atoms with Gasteiger partial charge in [-0.2, -0.15) is 18.4 Å². The first-order valence-corrected chi connectivity index (χ1v) is 6.04. The molecule has 0 radical (unpaired) electrons. The molecule has 0 aromatic rings. The Bertz CT molecular complexity index is 456. The molecule has 2 N–H and O–H groups in total. The molecule has 0 saturated heterocycles. The number of carbonyl (C=O) groups is 2. The number of halogens is 3. The summed E-state index contributed by atoms with van der Waals surface area (Å²) in [7, 11) is 0. The highest BCUT2D eigenvalue weighted by molar-refractivity contribution is 5.93. The van der Waals surface area contributed by atoms with Crippen LogP contribution in [0.15, 0.2) is 0 Å². The summed E-state index contributed by atoms with van der Waals surface area (Å²) in [5.74, 6) is -3.49. The van der Waals surface area contributed by atoms with Crippen molar-refractivity contribution < 1.29 is 27.9 Å². The van der Waals surface area contributed by atoms with Gasteiger partial charge in [0.25, 0.3) is 0 Å².